The zero-order valence-corrected chi connectivity index (χ0v) is 17.6. The van der Waals surface area contributed by atoms with Crippen LogP contribution in [-0.2, 0) is 4.79 Å². The smallest absolute Gasteiger partial charge is 0.261 e. The van der Waals surface area contributed by atoms with Crippen molar-refractivity contribution in [1.29, 1.82) is 0 Å². The van der Waals surface area contributed by atoms with Gasteiger partial charge in [0.05, 0.1) is 21.7 Å². The second-order valence-electron chi connectivity index (χ2n) is 7.26. The van der Waals surface area contributed by atoms with Crippen LogP contribution in [-0.4, -0.2) is 34.2 Å². The highest BCUT2D eigenvalue weighted by Gasteiger charge is 2.34. The minimum absolute atomic E-state index is 0.184. The van der Waals surface area contributed by atoms with Gasteiger partial charge in [-0.3, -0.25) is 19.3 Å². The molecule has 0 aliphatic carbocycles. The van der Waals surface area contributed by atoms with E-state index in [9.17, 15) is 14.4 Å². The van der Waals surface area contributed by atoms with Gasteiger partial charge in [0.2, 0.25) is 5.91 Å². The molecular weight excluding hydrogens is 398 g/mol. The fourth-order valence-corrected chi connectivity index (χ4v) is 4.48. The van der Waals surface area contributed by atoms with Crippen molar-refractivity contribution in [1.82, 2.24) is 9.88 Å². The molecule has 2 heterocycles. The van der Waals surface area contributed by atoms with E-state index >= 15 is 0 Å². The molecule has 3 aromatic rings. The van der Waals surface area contributed by atoms with Crippen LogP contribution >= 0.6 is 11.3 Å². The minimum atomic E-state index is -0.293. The molecule has 152 valence electrons. The van der Waals surface area contributed by atoms with Crippen molar-refractivity contribution in [3.63, 3.8) is 0 Å². The summed E-state index contributed by atoms with van der Waals surface area (Å²) in [4.78, 5) is 44.0. The zero-order chi connectivity index (χ0) is 21.3. The Morgan fingerprint density at radius 1 is 1.03 bits per heavy atom. The number of fused-ring (bicyclic) bond motifs is 1. The Morgan fingerprint density at radius 3 is 2.53 bits per heavy atom. The van der Waals surface area contributed by atoms with Gasteiger partial charge in [-0.1, -0.05) is 53.3 Å². The summed E-state index contributed by atoms with van der Waals surface area (Å²) in [5.41, 5.74) is 3.74. The van der Waals surface area contributed by atoms with E-state index in [2.05, 4.69) is 10.3 Å². The number of carbonyl (C=O) groups is 3. The highest BCUT2D eigenvalue weighted by atomic mass is 32.1. The Balaban J connectivity index is 1.33. The maximum Gasteiger partial charge on any atom is 0.261 e. The summed E-state index contributed by atoms with van der Waals surface area (Å²) in [6.07, 6.45) is 0.595. The number of imide groups is 1. The standard InChI is InChI=1S/C23H21N3O3S/c1-14-10-11-17-18(13-14)22(29)26(21(17)28)12-6-9-19(27)25-23-24-15(2)20(30-23)16-7-4-3-5-8-16/h3-5,7-8,10-11,13H,6,9,12H2,1-2H3,(H,24,25,27). The number of aromatic nitrogens is 1. The molecule has 1 aliphatic rings. The number of benzene rings is 2. The lowest BCUT2D eigenvalue weighted by Crippen LogP contribution is -2.31. The lowest BCUT2D eigenvalue weighted by Gasteiger charge is -2.13. The number of hydrogen-bond donors (Lipinski definition) is 1. The highest BCUT2D eigenvalue weighted by Crippen LogP contribution is 2.32. The molecule has 0 spiro atoms. The van der Waals surface area contributed by atoms with Gasteiger partial charge >= 0.3 is 0 Å². The van der Waals surface area contributed by atoms with Crippen LogP contribution in [0.1, 0.15) is 44.8 Å². The van der Waals surface area contributed by atoms with Gasteiger partial charge in [-0.25, -0.2) is 4.98 Å². The van der Waals surface area contributed by atoms with Crippen molar-refractivity contribution in [2.75, 3.05) is 11.9 Å². The van der Waals surface area contributed by atoms with Crippen LogP contribution in [0.2, 0.25) is 0 Å². The number of hydrogen-bond acceptors (Lipinski definition) is 5. The molecule has 1 aromatic heterocycles. The second-order valence-corrected chi connectivity index (χ2v) is 8.26. The first kappa shape index (κ1) is 20.0. The molecule has 30 heavy (non-hydrogen) atoms. The number of rotatable bonds is 6. The van der Waals surface area contributed by atoms with Gasteiger partial charge in [0.15, 0.2) is 5.13 Å². The number of aryl methyl sites for hydroxylation is 2. The monoisotopic (exact) mass is 419 g/mol. The summed E-state index contributed by atoms with van der Waals surface area (Å²) in [6.45, 7) is 4.01. The topological polar surface area (TPSA) is 79.4 Å². The van der Waals surface area contributed by atoms with Gasteiger partial charge in [-0.2, -0.15) is 0 Å². The zero-order valence-electron chi connectivity index (χ0n) is 16.8. The van der Waals surface area contributed by atoms with Crippen LogP contribution in [0.25, 0.3) is 10.4 Å². The third-order valence-corrected chi connectivity index (χ3v) is 6.11. The first-order chi connectivity index (χ1) is 14.4. The summed E-state index contributed by atoms with van der Waals surface area (Å²) in [5.74, 6) is -0.767. The molecule has 0 saturated carbocycles. The van der Waals surface area contributed by atoms with Gasteiger partial charge in [-0.15, -0.1) is 0 Å². The van der Waals surface area contributed by atoms with Crippen molar-refractivity contribution < 1.29 is 14.4 Å². The fourth-order valence-electron chi connectivity index (χ4n) is 3.49. The first-order valence-corrected chi connectivity index (χ1v) is 10.6. The van der Waals surface area contributed by atoms with Crippen LogP contribution in [0, 0.1) is 13.8 Å². The van der Waals surface area contributed by atoms with E-state index < -0.39 is 0 Å². The largest absolute Gasteiger partial charge is 0.302 e. The van der Waals surface area contributed by atoms with E-state index in [1.165, 1.54) is 16.2 Å². The SMILES string of the molecule is Cc1ccc2c(c1)C(=O)N(CCCC(=O)Nc1nc(C)c(-c3ccccc3)s1)C2=O. The number of nitrogens with zero attached hydrogens (tertiary/aromatic N) is 2. The third-order valence-electron chi connectivity index (χ3n) is 4.99. The predicted octanol–water partition coefficient (Wildman–Crippen LogP) is 4.44. The number of amides is 3. The van der Waals surface area contributed by atoms with Crippen molar-refractivity contribution in [2.24, 2.45) is 0 Å². The summed E-state index contributed by atoms with van der Waals surface area (Å²) < 4.78 is 0. The van der Waals surface area contributed by atoms with Crippen molar-refractivity contribution in [3.05, 3.63) is 70.9 Å². The van der Waals surface area contributed by atoms with Crippen molar-refractivity contribution in [3.8, 4) is 10.4 Å². The van der Waals surface area contributed by atoms with Gasteiger partial charge in [0, 0.05) is 13.0 Å². The lowest BCUT2D eigenvalue weighted by atomic mass is 10.1. The number of carbonyl (C=O) groups excluding carboxylic acids is 3. The van der Waals surface area contributed by atoms with E-state index in [4.69, 9.17) is 0 Å². The van der Waals surface area contributed by atoms with E-state index in [0.717, 1.165) is 21.7 Å². The van der Waals surface area contributed by atoms with E-state index in [1.54, 1.807) is 12.1 Å². The molecule has 7 heteroatoms. The third kappa shape index (κ3) is 3.89. The molecule has 6 nitrogen and oxygen atoms in total. The molecule has 1 N–H and O–H groups in total. The summed E-state index contributed by atoms with van der Waals surface area (Å²) >= 11 is 1.43. The van der Waals surface area contributed by atoms with Crippen molar-refractivity contribution in [2.45, 2.75) is 26.7 Å². The van der Waals surface area contributed by atoms with Crippen molar-refractivity contribution >= 4 is 34.2 Å². The predicted molar refractivity (Wildman–Crippen MR) is 117 cm³/mol. The van der Waals surface area contributed by atoms with Crippen LogP contribution < -0.4 is 5.32 Å². The number of anilines is 1. The van der Waals surface area contributed by atoms with E-state index in [-0.39, 0.29) is 30.7 Å². The summed E-state index contributed by atoms with van der Waals surface area (Å²) in [6, 6.07) is 15.1. The molecule has 3 amide bonds. The molecule has 0 atom stereocenters. The van der Waals surface area contributed by atoms with E-state index in [1.807, 2.05) is 50.2 Å². The molecule has 0 saturated heterocycles. The fraction of sp³-hybridized carbons (Fsp3) is 0.217. The summed E-state index contributed by atoms with van der Waals surface area (Å²) in [5, 5.41) is 3.37. The molecule has 2 aromatic carbocycles. The molecule has 0 radical (unpaired) electrons. The van der Waals surface area contributed by atoms with Gasteiger partial charge in [0.25, 0.3) is 11.8 Å². The number of thiazole rings is 1. The quantitative estimate of drug-likeness (QED) is 0.599. The van der Waals surface area contributed by atoms with Crippen LogP contribution in [0.3, 0.4) is 0 Å². The van der Waals surface area contributed by atoms with Crippen LogP contribution in [0.4, 0.5) is 5.13 Å². The normalized spacial score (nSPS) is 12.9. The number of nitrogens with one attached hydrogen (secondary N) is 1. The maximum absolute atomic E-state index is 12.5. The first-order valence-electron chi connectivity index (χ1n) is 9.73. The average Bonchev–Trinajstić information content (AvgIpc) is 3.20. The molecule has 0 unspecified atom stereocenters. The molecule has 0 fully saturated rings. The van der Waals surface area contributed by atoms with Gasteiger partial charge < -0.3 is 5.32 Å². The maximum atomic E-state index is 12.5. The Morgan fingerprint density at radius 2 is 1.77 bits per heavy atom. The second kappa shape index (κ2) is 8.20. The summed E-state index contributed by atoms with van der Waals surface area (Å²) in [7, 11) is 0. The molecule has 0 bridgehead atoms. The van der Waals surface area contributed by atoms with Crippen LogP contribution in [0.5, 0.6) is 0 Å². The highest BCUT2D eigenvalue weighted by molar-refractivity contribution is 7.19. The Hall–Kier alpha value is -3.32. The molecule has 4 rings (SSSR count). The molecule has 1 aliphatic heterocycles. The molecular formula is C23H21N3O3S. The Kier molecular flexibility index (Phi) is 5.46. The minimum Gasteiger partial charge on any atom is -0.302 e. The average molecular weight is 420 g/mol. The Bertz CT molecular complexity index is 1140. The van der Waals surface area contributed by atoms with Crippen LogP contribution in [0.15, 0.2) is 48.5 Å². The van der Waals surface area contributed by atoms with Gasteiger partial charge in [0.1, 0.15) is 0 Å². The van der Waals surface area contributed by atoms with E-state index in [0.29, 0.717) is 22.7 Å². The Labute approximate surface area is 178 Å². The van der Waals surface area contributed by atoms with Gasteiger partial charge in [-0.05, 0) is 38.0 Å². The lowest BCUT2D eigenvalue weighted by molar-refractivity contribution is -0.116.